The molecule has 0 aromatic rings. The van der Waals surface area contributed by atoms with E-state index in [4.69, 9.17) is 0 Å². The van der Waals surface area contributed by atoms with Gasteiger partial charge in [0.15, 0.2) is 0 Å². The zero-order valence-corrected chi connectivity index (χ0v) is 8.59. The smallest absolute Gasteiger partial charge is 0.0627 e. The summed E-state index contributed by atoms with van der Waals surface area (Å²) in [4.78, 5) is 0. The van der Waals surface area contributed by atoms with E-state index in [0.29, 0.717) is 11.3 Å². The van der Waals surface area contributed by atoms with E-state index in [-0.39, 0.29) is 11.5 Å². The van der Waals surface area contributed by atoms with Gasteiger partial charge in [0, 0.05) is 0 Å². The average molecular weight is 168 g/mol. The SMILES string of the molecule is CC1[C@H]2CC[C@@](C)([C@@H]1O)C2(C)C. The number of aliphatic hydroxyl groups excluding tert-OH is 1. The molecule has 0 amide bonds. The van der Waals surface area contributed by atoms with Crippen molar-refractivity contribution in [3.63, 3.8) is 0 Å². The molecule has 2 aliphatic rings. The third-order valence-corrected chi connectivity index (χ3v) is 5.16. The molecule has 2 bridgehead atoms. The van der Waals surface area contributed by atoms with E-state index < -0.39 is 0 Å². The van der Waals surface area contributed by atoms with Crippen molar-refractivity contribution in [2.45, 2.75) is 46.6 Å². The van der Waals surface area contributed by atoms with Crippen molar-refractivity contribution in [2.24, 2.45) is 22.7 Å². The Kier molecular flexibility index (Phi) is 1.47. The Morgan fingerprint density at radius 2 is 1.83 bits per heavy atom. The van der Waals surface area contributed by atoms with Crippen LogP contribution in [-0.2, 0) is 0 Å². The van der Waals surface area contributed by atoms with Crippen molar-refractivity contribution in [3.05, 3.63) is 0 Å². The molecule has 1 unspecified atom stereocenters. The minimum Gasteiger partial charge on any atom is -0.392 e. The van der Waals surface area contributed by atoms with E-state index in [2.05, 4.69) is 27.7 Å². The fraction of sp³-hybridized carbons (Fsp3) is 1.00. The van der Waals surface area contributed by atoms with Gasteiger partial charge in [-0.05, 0) is 35.5 Å². The summed E-state index contributed by atoms with van der Waals surface area (Å²) in [7, 11) is 0. The van der Waals surface area contributed by atoms with Crippen molar-refractivity contribution in [1.82, 2.24) is 0 Å². The van der Waals surface area contributed by atoms with Crippen LogP contribution in [0.15, 0.2) is 0 Å². The lowest BCUT2D eigenvalue weighted by Crippen LogP contribution is -2.36. The Labute approximate surface area is 75.2 Å². The molecule has 0 aromatic carbocycles. The second-order valence-electron chi connectivity index (χ2n) is 5.59. The van der Waals surface area contributed by atoms with Crippen molar-refractivity contribution < 1.29 is 5.11 Å². The van der Waals surface area contributed by atoms with E-state index >= 15 is 0 Å². The van der Waals surface area contributed by atoms with Crippen LogP contribution in [0.1, 0.15) is 40.5 Å². The van der Waals surface area contributed by atoms with Gasteiger partial charge < -0.3 is 5.11 Å². The van der Waals surface area contributed by atoms with Crippen LogP contribution in [-0.4, -0.2) is 11.2 Å². The second-order valence-corrected chi connectivity index (χ2v) is 5.59. The quantitative estimate of drug-likeness (QED) is 0.589. The molecule has 2 fully saturated rings. The summed E-state index contributed by atoms with van der Waals surface area (Å²) in [5.74, 6) is 1.26. The number of hydrogen-bond donors (Lipinski definition) is 1. The van der Waals surface area contributed by atoms with Crippen molar-refractivity contribution in [1.29, 1.82) is 0 Å². The van der Waals surface area contributed by atoms with Gasteiger partial charge in [-0.1, -0.05) is 27.7 Å². The standard InChI is InChI=1S/C11H20O/c1-7-8-5-6-11(4,9(7)12)10(8,2)3/h7-9,12H,5-6H2,1-4H3/t7?,8-,9-,11+/m1/s1. The molecule has 0 spiro atoms. The van der Waals surface area contributed by atoms with E-state index in [9.17, 15) is 5.11 Å². The lowest BCUT2D eigenvalue weighted by atomic mass is 9.70. The summed E-state index contributed by atoms with van der Waals surface area (Å²) in [6.07, 6.45) is 2.48. The summed E-state index contributed by atoms with van der Waals surface area (Å²) in [5.41, 5.74) is 0.545. The Hall–Kier alpha value is -0.0400. The Bertz CT molecular complexity index is 209. The highest BCUT2D eigenvalue weighted by Gasteiger charge is 2.64. The molecule has 2 saturated carbocycles. The molecule has 0 aromatic heterocycles. The predicted molar refractivity (Wildman–Crippen MR) is 49.8 cm³/mol. The topological polar surface area (TPSA) is 20.2 Å². The molecule has 1 N–H and O–H groups in total. The third-order valence-electron chi connectivity index (χ3n) is 5.16. The first-order valence-electron chi connectivity index (χ1n) is 5.09. The fourth-order valence-electron chi connectivity index (χ4n) is 3.81. The molecule has 0 heterocycles. The van der Waals surface area contributed by atoms with E-state index in [1.807, 2.05) is 0 Å². The van der Waals surface area contributed by atoms with Crippen LogP contribution >= 0.6 is 0 Å². The number of hydrogen-bond acceptors (Lipinski definition) is 1. The highest BCUT2D eigenvalue weighted by Crippen LogP contribution is 2.67. The normalized spacial score (nSPS) is 56.2. The molecular formula is C11H20O. The van der Waals surface area contributed by atoms with E-state index in [1.54, 1.807) is 0 Å². The minimum atomic E-state index is -0.0637. The summed E-state index contributed by atoms with van der Waals surface area (Å²) < 4.78 is 0. The maximum atomic E-state index is 10.1. The Morgan fingerprint density at radius 3 is 2.08 bits per heavy atom. The highest BCUT2D eigenvalue weighted by atomic mass is 16.3. The average Bonchev–Trinajstić information content (AvgIpc) is 2.26. The van der Waals surface area contributed by atoms with Crippen molar-refractivity contribution in [2.75, 3.05) is 0 Å². The van der Waals surface area contributed by atoms with Gasteiger partial charge in [0.25, 0.3) is 0 Å². The zero-order chi connectivity index (χ0) is 9.15. The molecule has 12 heavy (non-hydrogen) atoms. The van der Waals surface area contributed by atoms with Crippen molar-refractivity contribution >= 4 is 0 Å². The van der Waals surface area contributed by atoms with Gasteiger partial charge in [-0.15, -0.1) is 0 Å². The van der Waals surface area contributed by atoms with E-state index in [1.165, 1.54) is 12.8 Å². The zero-order valence-electron chi connectivity index (χ0n) is 8.59. The monoisotopic (exact) mass is 168 g/mol. The molecule has 0 aliphatic heterocycles. The molecule has 1 heteroatoms. The maximum absolute atomic E-state index is 10.1. The first-order chi connectivity index (χ1) is 5.41. The van der Waals surface area contributed by atoms with Crippen LogP contribution in [0.2, 0.25) is 0 Å². The second kappa shape index (κ2) is 2.06. The molecule has 0 radical (unpaired) electrons. The maximum Gasteiger partial charge on any atom is 0.0627 e. The first-order valence-corrected chi connectivity index (χ1v) is 5.09. The van der Waals surface area contributed by atoms with Gasteiger partial charge in [-0.3, -0.25) is 0 Å². The lowest BCUT2D eigenvalue weighted by Gasteiger charge is -2.37. The number of fused-ring (bicyclic) bond motifs is 2. The van der Waals surface area contributed by atoms with Crippen LogP contribution in [0.5, 0.6) is 0 Å². The number of rotatable bonds is 0. The van der Waals surface area contributed by atoms with Crippen LogP contribution in [0, 0.1) is 22.7 Å². The Balaban J connectivity index is 2.44. The van der Waals surface area contributed by atoms with Crippen LogP contribution < -0.4 is 0 Å². The predicted octanol–water partition coefficient (Wildman–Crippen LogP) is 2.44. The van der Waals surface area contributed by atoms with Gasteiger partial charge >= 0.3 is 0 Å². The summed E-state index contributed by atoms with van der Waals surface area (Å²) in [6.45, 7) is 9.14. The largest absolute Gasteiger partial charge is 0.392 e. The van der Waals surface area contributed by atoms with Gasteiger partial charge in [-0.2, -0.15) is 0 Å². The molecule has 2 aliphatic carbocycles. The minimum absolute atomic E-state index is 0.0637. The molecule has 1 nitrogen and oxygen atoms in total. The fourth-order valence-corrected chi connectivity index (χ4v) is 3.81. The van der Waals surface area contributed by atoms with Gasteiger partial charge in [-0.25, -0.2) is 0 Å². The molecule has 70 valence electrons. The third kappa shape index (κ3) is 0.654. The summed E-state index contributed by atoms with van der Waals surface area (Å²) in [6, 6.07) is 0. The van der Waals surface area contributed by atoms with Crippen LogP contribution in [0.25, 0.3) is 0 Å². The molecule has 2 rings (SSSR count). The summed E-state index contributed by atoms with van der Waals surface area (Å²) in [5, 5.41) is 10.1. The number of aliphatic hydroxyl groups is 1. The van der Waals surface area contributed by atoms with Crippen LogP contribution in [0.4, 0.5) is 0 Å². The van der Waals surface area contributed by atoms with Gasteiger partial charge in [0.1, 0.15) is 0 Å². The van der Waals surface area contributed by atoms with Gasteiger partial charge in [0.2, 0.25) is 0 Å². The van der Waals surface area contributed by atoms with Crippen LogP contribution in [0.3, 0.4) is 0 Å². The first kappa shape index (κ1) is 8.55. The Morgan fingerprint density at radius 1 is 1.25 bits per heavy atom. The lowest BCUT2D eigenvalue weighted by molar-refractivity contribution is -0.00626. The molecule has 0 saturated heterocycles. The van der Waals surface area contributed by atoms with Crippen molar-refractivity contribution in [3.8, 4) is 0 Å². The van der Waals surface area contributed by atoms with Gasteiger partial charge in [0.05, 0.1) is 6.10 Å². The highest BCUT2D eigenvalue weighted by molar-refractivity contribution is 5.13. The summed E-state index contributed by atoms with van der Waals surface area (Å²) >= 11 is 0. The molecule has 4 atom stereocenters. The molecular weight excluding hydrogens is 148 g/mol. The van der Waals surface area contributed by atoms with E-state index in [0.717, 1.165) is 5.92 Å².